The van der Waals surface area contributed by atoms with Gasteiger partial charge in [-0.3, -0.25) is 14.6 Å². The fourth-order valence-electron chi connectivity index (χ4n) is 4.56. The number of hydrogen-bond acceptors (Lipinski definition) is 8. The average Bonchev–Trinajstić information content (AvgIpc) is 2.94. The van der Waals surface area contributed by atoms with E-state index in [4.69, 9.17) is 33.7 Å². The number of pyridine rings is 1. The number of nitrogens with zero attached hydrogens (tertiary/aromatic N) is 3. The zero-order valence-corrected chi connectivity index (χ0v) is 25.7. The van der Waals surface area contributed by atoms with E-state index in [-0.39, 0.29) is 28.1 Å². The Kier molecular flexibility index (Phi) is 12.1. The lowest BCUT2D eigenvalue weighted by Gasteiger charge is -2.37. The first-order valence-electron chi connectivity index (χ1n) is 14.0. The molecule has 1 aliphatic heterocycles. The van der Waals surface area contributed by atoms with Crippen LogP contribution in [0.3, 0.4) is 0 Å². The molecule has 1 saturated heterocycles. The Balaban J connectivity index is 1.60. The van der Waals surface area contributed by atoms with E-state index in [1.165, 1.54) is 12.1 Å². The first kappa shape index (κ1) is 33.2. The predicted molar refractivity (Wildman–Crippen MR) is 163 cm³/mol. The predicted octanol–water partition coefficient (Wildman–Crippen LogP) is 3.49. The van der Waals surface area contributed by atoms with Crippen LogP contribution in [0.5, 0.6) is 5.75 Å². The van der Waals surface area contributed by atoms with Crippen molar-refractivity contribution in [3.63, 3.8) is 0 Å². The molecule has 0 unspecified atom stereocenters. The molecule has 0 radical (unpaired) electrons. The van der Waals surface area contributed by atoms with E-state index in [0.29, 0.717) is 57.5 Å². The van der Waals surface area contributed by atoms with Crippen molar-refractivity contribution in [3.8, 4) is 5.75 Å². The topological polar surface area (TPSA) is 150 Å². The smallest absolute Gasteiger partial charge is 0.407 e. The van der Waals surface area contributed by atoms with Crippen LogP contribution in [-0.4, -0.2) is 83.3 Å². The van der Waals surface area contributed by atoms with E-state index < -0.39 is 29.7 Å². The number of anilines is 1. The minimum absolute atomic E-state index is 0.0593. The molecule has 0 bridgehead atoms. The molecular formula is C29H40Cl2N6O5. The number of unbranched alkanes of at least 4 members (excludes halogenated alkanes) is 1. The minimum Gasteiger partial charge on any atom is -0.505 e. The van der Waals surface area contributed by atoms with Crippen LogP contribution in [0.1, 0.15) is 45.6 Å². The second-order valence-electron chi connectivity index (χ2n) is 11.2. The zero-order chi connectivity index (χ0) is 30.9. The number of nitrogens with two attached hydrogens (primary N) is 1. The summed E-state index contributed by atoms with van der Waals surface area (Å²) >= 11 is 12.0. The monoisotopic (exact) mass is 622 g/mol. The molecule has 0 aliphatic carbocycles. The number of carbonyl (C=O) groups is 3. The van der Waals surface area contributed by atoms with Crippen LogP contribution in [0, 0.1) is 0 Å². The normalized spacial score (nSPS) is 15.1. The van der Waals surface area contributed by atoms with Crippen LogP contribution in [-0.2, 0) is 20.7 Å². The molecule has 42 heavy (non-hydrogen) atoms. The van der Waals surface area contributed by atoms with Crippen molar-refractivity contribution in [1.82, 2.24) is 20.5 Å². The van der Waals surface area contributed by atoms with Gasteiger partial charge in [-0.1, -0.05) is 23.2 Å². The van der Waals surface area contributed by atoms with Crippen molar-refractivity contribution in [2.45, 2.75) is 64.1 Å². The number of benzene rings is 1. The summed E-state index contributed by atoms with van der Waals surface area (Å²) in [5.41, 5.74) is 7.22. The SMILES string of the molecule is CC(C)(C)OC(=O)NCCCC[C@H](NC(=O)[C@@H](N)Cc1cc(Cl)c(O)c(Cl)c1)C(=O)N1CCN(c2ccncc2)CC1. The third kappa shape index (κ3) is 10.2. The highest BCUT2D eigenvalue weighted by atomic mass is 35.5. The number of halogens is 2. The summed E-state index contributed by atoms with van der Waals surface area (Å²) in [5.74, 6) is -0.910. The number of carbonyl (C=O) groups excluding carboxylic acids is 3. The van der Waals surface area contributed by atoms with E-state index in [1.807, 2.05) is 12.1 Å². The number of alkyl carbamates (subject to hydrolysis) is 1. The summed E-state index contributed by atoms with van der Waals surface area (Å²) in [7, 11) is 0. The molecule has 2 aromatic rings. The Bertz CT molecular complexity index is 1200. The van der Waals surface area contributed by atoms with Crippen molar-refractivity contribution in [3.05, 3.63) is 52.3 Å². The lowest BCUT2D eigenvalue weighted by atomic mass is 10.0. The Morgan fingerprint density at radius 1 is 1.07 bits per heavy atom. The van der Waals surface area contributed by atoms with Crippen LogP contribution in [0.25, 0.3) is 0 Å². The molecule has 230 valence electrons. The molecule has 5 N–H and O–H groups in total. The largest absolute Gasteiger partial charge is 0.505 e. The number of nitrogens with one attached hydrogen (secondary N) is 2. The van der Waals surface area contributed by atoms with Gasteiger partial charge >= 0.3 is 6.09 Å². The van der Waals surface area contributed by atoms with Gasteiger partial charge in [0.15, 0.2) is 5.75 Å². The first-order chi connectivity index (χ1) is 19.8. The highest BCUT2D eigenvalue weighted by Crippen LogP contribution is 2.33. The highest BCUT2D eigenvalue weighted by Gasteiger charge is 2.30. The van der Waals surface area contributed by atoms with E-state index in [1.54, 1.807) is 38.1 Å². The number of rotatable bonds is 11. The fraction of sp³-hybridized carbons (Fsp3) is 0.517. The van der Waals surface area contributed by atoms with Gasteiger partial charge in [0.25, 0.3) is 0 Å². The number of phenolic OH excluding ortho intramolecular Hbond substituents is 1. The number of aromatic hydroxyl groups is 1. The van der Waals surface area contributed by atoms with Gasteiger partial charge in [-0.05, 0) is 76.3 Å². The molecule has 1 aromatic carbocycles. The van der Waals surface area contributed by atoms with Crippen LogP contribution >= 0.6 is 23.2 Å². The second-order valence-corrected chi connectivity index (χ2v) is 12.0. The van der Waals surface area contributed by atoms with Crippen LogP contribution in [0.4, 0.5) is 10.5 Å². The molecule has 3 rings (SSSR count). The Morgan fingerprint density at radius 3 is 2.29 bits per heavy atom. The van der Waals surface area contributed by atoms with Crippen molar-refractivity contribution in [2.75, 3.05) is 37.6 Å². The van der Waals surface area contributed by atoms with Crippen LogP contribution in [0.15, 0.2) is 36.7 Å². The minimum atomic E-state index is -0.977. The summed E-state index contributed by atoms with van der Waals surface area (Å²) < 4.78 is 5.25. The van der Waals surface area contributed by atoms with Gasteiger partial charge in [-0.2, -0.15) is 0 Å². The number of hydrogen-bond donors (Lipinski definition) is 4. The average molecular weight is 624 g/mol. The van der Waals surface area contributed by atoms with Crippen molar-refractivity contribution >= 4 is 46.8 Å². The summed E-state index contributed by atoms with van der Waals surface area (Å²) in [6.45, 7) is 8.05. The number of piperazine rings is 1. The highest BCUT2D eigenvalue weighted by molar-refractivity contribution is 6.37. The van der Waals surface area contributed by atoms with Gasteiger partial charge in [0.1, 0.15) is 11.6 Å². The summed E-state index contributed by atoms with van der Waals surface area (Å²) in [6.07, 6.45) is 4.60. The van der Waals surface area contributed by atoms with E-state index in [9.17, 15) is 19.5 Å². The summed E-state index contributed by atoms with van der Waals surface area (Å²) in [6, 6.07) is 5.10. The molecule has 13 heteroatoms. The second kappa shape index (κ2) is 15.3. The van der Waals surface area contributed by atoms with Crippen molar-refractivity contribution < 1.29 is 24.2 Å². The maximum Gasteiger partial charge on any atom is 0.407 e. The van der Waals surface area contributed by atoms with Crippen molar-refractivity contribution in [1.29, 1.82) is 0 Å². The third-order valence-corrected chi connectivity index (χ3v) is 7.27. The van der Waals surface area contributed by atoms with Gasteiger partial charge < -0.3 is 36.0 Å². The molecular weight excluding hydrogens is 583 g/mol. The standard InChI is InChI=1S/C29H40Cl2N6O5/c1-29(2,3)42-28(41)34-9-5-4-6-24(27(40)37-14-12-36(13-15-37)20-7-10-33-11-8-20)35-26(39)23(32)18-19-16-21(30)25(38)22(31)17-19/h7-8,10-11,16-17,23-24,38H,4-6,9,12-15,18,32H2,1-3H3,(H,34,41)(H,35,39)/t23-,24-/m0/s1. The number of phenols is 1. The number of ether oxygens (including phenoxy) is 1. The molecule has 2 atom stereocenters. The Hall–Kier alpha value is -3.28. The van der Waals surface area contributed by atoms with Crippen molar-refractivity contribution in [2.24, 2.45) is 5.73 Å². The number of amides is 3. The van der Waals surface area contributed by atoms with Gasteiger partial charge in [0, 0.05) is 50.8 Å². The molecule has 0 saturated carbocycles. The Morgan fingerprint density at radius 2 is 1.69 bits per heavy atom. The number of aromatic nitrogens is 1. The molecule has 1 aliphatic rings. The summed E-state index contributed by atoms with van der Waals surface area (Å²) in [5, 5.41) is 15.5. The zero-order valence-electron chi connectivity index (χ0n) is 24.2. The van der Waals surface area contributed by atoms with E-state index in [2.05, 4.69) is 20.5 Å². The maximum atomic E-state index is 13.6. The van der Waals surface area contributed by atoms with Gasteiger partial charge in [-0.15, -0.1) is 0 Å². The summed E-state index contributed by atoms with van der Waals surface area (Å²) in [4.78, 5) is 46.7. The lowest BCUT2D eigenvalue weighted by molar-refractivity contribution is -0.137. The lowest BCUT2D eigenvalue weighted by Crippen LogP contribution is -2.57. The van der Waals surface area contributed by atoms with Crippen LogP contribution in [0.2, 0.25) is 10.0 Å². The van der Waals surface area contributed by atoms with E-state index in [0.717, 1.165) is 5.69 Å². The van der Waals surface area contributed by atoms with Gasteiger partial charge in [0.05, 0.1) is 16.1 Å². The fourth-order valence-corrected chi connectivity index (χ4v) is 5.09. The molecule has 0 spiro atoms. The van der Waals surface area contributed by atoms with Crippen LogP contribution < -0.4 is 21.3 Å². The van der Waals surface area contributed by atoms with Gasteiger partial charge in [-0.25, -0.2) is 4.79 Å². The Labute approximate surface area is 256 Å². The molecule has 2 heterocycles. The molecule has 11 nitrogen and oxygen atoms in total. The molecule has 1 fully saturated rings. The van der Waals surface area contributed by atoms with Gasteiger partial charge in [0.2, 0.25) is 11.8 Å². The third-order valence-electron chi connectivity index (χ3n) is 6.69. The molecule has 1 aromatic heterocycles. The maximum absolute atomic E-state index is 13.6. The first-order valence-corrected chi connectivity index (χ1v) is 14.7. The molecule has 3 amide bonds. The quantitative estimate of drug-likeness (QED) is 0.278. The van der Waals surface area contributed by atoms with E-state index >= 15 is 0 Å².